The van der Waals surface area contributed by atoms with Gasteiger partial charge >= 0.3 is 11.9 Å². The molecule has 60 heavy (non-hydrogen) atoms. The first kappa shape index (κ1) is 56.6. The Hall–Kier alpha value is -3.44. The minimum Gasteiger partial charge on any atom is -0.462 e. The summed E-state index contributed by atoms with van der Waals surface area (Å²) in [6.45, 7) is 7.38. The molecule has 0 aromatic heterocycles. The zero-order valence-electron chi connectivity index (χ0n) is 38.9. The Kier molecular flexibility index (Phi) is 47.1. The van der Waals surface area contributed by atoms with Crippen LogP contribution in [0.3, 0.4) is 0 Å². The van der Waals surface area contributed by atoms with E-state index in [1.54, 1.807) is 0 Å². The molecule has 0 saturated carbocycles. The largest absolute Gasteiger partial charge is 0.462 e. The lowest BCUT2D eigenvalue weighted by molar-refractivity contribution is -0.163. The highest BCUT2D eigenvalue weighted by atomic mass is 16.6. The summed E-state index contributed by atoms with van der Waals surface area (Å²) in [7, 11) is 0. The topological polar surface area (TPSA) is 61.8 Å². The third-order valence-corrected chi connectivity index (χ3v) is 9.79. The minimum atomic E-state index is -0.573. The van der Waals surface area contributed by atoms with E-state index < -0.39 is 6.10 Å². The molecule has 1 atom stereocenters. The predicted molar refractivity (Wildman–Crippen MR) is 260 cm³/mol. The number of carbonyl (C=O) groups excluding carboxylic acids is 2. The Morgan fingerprint density at radius 1 is 0.367 bits per heavy atom. The lowest BCUT2D eigenvalue weighted by Gasteiger charge is -2.18. The van der Waals surface area contributed by atoms with Crippen LogP contribution in [0.1, 0.15) is 201 Å². The molecule has 0 aromatic carbocycles. The van der Waals surface area contributed by atoms with Gasteiger partial charge in [-0.05, 0) is 116 Å². The van der Waals surface area contributed by atoms with E-state index in [2.05, 4.69) is 130 Å². The van der Waals surface area contributed by atoms with Crippen LogP contribution in [0.5, 0.6) is 0 Å². The fourth-order valence-electron chi connectivity index (χ4n) is 6.26. The van der Waals surface area contributed by atoms with Crippen LogP contribution >= 0.6 is 0 Å². The molecule has 5 nitrogen and oxygen atoms in total. The summed E-state index contributed by atoms with van der Waals surface area (Å²) in [4.78, 5) is 25.3. The highest BCUT2D eigenvalue weighted by Crippen LogP contribution is 2.12. The molecule has 0 spiro atoms. The highest BCUT2D eigenvalue weighted by Gasteiger charge is 2.17. The van der Waals surface area contributed by atoms with Crippen LogP contribution in [0.15, 0.2) is 109 Å². The van der Waals surface area contributed by atoms with Gasteiger partial charge in [-0.1, -0.05) is 182 Å². The summed E-state index contributed by atoms with van der Waals surface area (Å²) in [6.07, 6.45) is 68.1. The molecule has 0 rings (SSSR count). The summed E-state index contributed by atoms with van der Waals surface area (Å²) in [5.74, 6) is -0.463. The fourth-order valence-corrected chi connectivity index (χ4v) is 6.26. The Morgan fingerprint density at radius 2 is 0.700 bits per heavy atom. The number of carbonyl (C=O) groups is 2. The molecule has 0 fully saturated rings. The Balaban J connectivity index is 4.37. The van der Waals surface area contributed by atoms with E-state index in [-0.39, 0.29) is 25.2 Å². The van der Waals surface area contributed by atoms with Crippen molar-refractivity contribution in [3.05, 3.63) is 109 Å². The molecule has 0 aliphatic carbocycles. The van der Waals surface area contributed by atoms with Gasteiger partial charge in [0.25, 0.3) is 0 Å². The Labute approximate surface area is 370 Å². The molecule has 340 valence electrons. The van der Waals surface area contributed by atoms with E-state index >= 15 is 0 Å². The Morgan fingerprint density at radius 3 is 1.13 bits per heavy atom. The second kappa shape index (κ2) is 49.9. The van der Waals surface area contributed by atoms with Crippen LogP contribution in [0.2, 0.25) is 0 Å². The van der Waals surface area contributed by atoms with Gasteiger partial charge in [-0.25, -0.2) is 0 Å². The van der Waals surface area contributed by atoms with Crippen LogP contribution in [0.25, 0.3) is 0 Å². The maximum absolute atomic E-state index is 12.8. The van der Waals surface area contributed by atoms with E-state index in [0.717, 1.165) is 128 Å². The summed E-state index contributed by atoms with van der Waals surface area (Å²) in [6, 6.07) is 0. The number of rotatable bonds is 43. The second-order valence-electron chi connectivity index (χ2n) is 15.6. The first-order valence-electron chi connectivity index (χ1n) is 24.4. The second-order valence-corrected chi connectivity index (χ2v) is 15.6. The number of ether oxygens (including phenoxy) is 3. The smallest absolute Gasteiger partial charge is 0.306 e. The van der Waals surface area contributed by atoms with E-state index in [1.165, 1.54) is 38.5 Å². The summed E-state index contributed by atoms with van der Waals surface area (Å²) >= 11 is 0. The molecule has 0 aliphatic heterocycles. The van der Waals surface area contributed by atoms with E-state index in [1.807, 2.05) is 0 Å². The summed E-state index contributed by atoms with van der Waals surface area (Å²) in [5, 5.41) is 0. The SMILES string of the molecule is CC/C=C\C/C=C\C/C=C\CCCCCCCCCC(=O)OCC(COCCCCCC/C=C\C/C=C\C/C=C\CC)OC(=O)CCCCC/C=C\C/C=C\C/C=C\CC. The molecule has 0 saturated heterocycles. The van der Waals surface area contributed by atoms with Gasteiger partial charge in [0.1, 0.15) is 6.61 Å². The maximum atomic E-state index is 12.8. The van der Waals surface area contributed by atoms with Crippen molar-refractivity contribution in [2.45, 2.75) is 207 Å². The highest BCUT2D eigenvalue weighted by molar-refractivity contribution is 5.70. The van der Waals surface area contributed by atoms with Crippen molar-refractivity contribution >= 4 is 11.9 Å². The monoisotopic (exact) mass is 831 g/mol. The van der Waals surface area contributed by atoms with Gasteiger partial charge in [0.05, 0.1) is 6.61 Å². The molecule has 1 unspecified atom stereocenters. The number of allylic oxidation sites excluding steroid dienone is 18. The lowest BCUT2D eigenvalue weighted by Crippen LogP contribution is -2.30. The fraction of sp³-hybridized carbons (Fsp3) is 0.636. The molecular weight excluding hydrogens is 741 g/mol. The molecule has 0 aromatic rings. The molecule has 0 aliphatic rings. The van der Waals surface area contributed by atoms with Crippen molar-refractivity contribution in [2.24, 2.45) is 0 Å². The van der Waals surface area contributed by atoms with Crippen molar-refractivity contribution in [3.8, 4) is 0 Å². The average Bonchev–Trinajstić information content (AvgIpc) is 3.25. The van der Waals surface area contributed by atoms with Crippen molar-refractivity contribution in [3.63, 3.8) is 0 Å². The quantitative estimate of drug-likeness (QED) is 0.0348. The van der Waals surface area contributed by atoms with Gasteiger partial charge in [-0.3, -0.25) is 9.59 Å². The zero-order valence-corrected chi connectivity index (χ0v) is 38.9. The molecular formula is C55H90O5. The number of unbranched alkanes of at least 4 members (excludes halogenated alkanes) is 14. The van der Waals surface area contributed by atoms with Gasteiger partial charge < -0.3 is 14.2 Å². The van der Waals surface area contributed by atoms with Crippen molar-refractivity contribution < 1.29 is 23.8 Å². The third-order valence-electron chi connectivity index (χ3n) is 9.79. The van der Waals surface area contributed by atoms with Crippen molar-refractivity contribution in [1.82, 2.24) is 0 Å². The standard InChI is InChI=1S/C55H90O5/c1-4-7-10-13-16-19-22-25-27-28-29-31-33-36-39-42-45-48-54(56)59-52-53(51-58-50-47-44-41-38-35-32-26-23-20-17-14-11-8-5-2)60-55(57)49-46-43-40-37-34-30-24-21-18-15-12-9-6-3/h7-12,16-21,25-27,30,32,34,53H,4-6,13-15,22-24,28-29,31,33,35-52H2,1-3H3/b10-7-,11-8-,12-9-,19-16-,20-17-,21-18-,27-25-,32-26-,34-30-. The Bertz CT molecular complexity index is 1210. The van der Waals surface area contributed by atoms with E-state index in [0.29, 0.717) is 19.4 Å². The van der Waals surface area contributed by atoms with Crippen LogP contribution in [-0.2, 0) is 23.8 Å². The molecule has 0 N–H and O–H groups in total. The molecule has 0 radical (unpaired) electrons. The van der Waals surface area contributed by atoms with E-state index in [9.17, 15) is 9.59 Å². The van der Waals surface area contributed by atoms with Crippen LogP contribution in [0.4, 0.5) is 0 Å². The number of esters is 2. The van der Waals surface area contributed by atoms with Crippen molar-refractivity contribution in [1.29, 1.82) is 0 Å². The lowest BCUT2D eigenvalue weighted by atomic mass is 10.1. The summed E-state index contributed by atoms with van der Waals surface area (Å²) in [5.41, 5.74) is 0. The first-order chi connectivity index (χ1) is 29.6. The molecule has 0 amide bonds. The van der Waals surface area contributed by atoms with Gasteiger partial charge in [0.2, 0.25) is 0 Å². The van der Waals surface area contributed by atoms with Crippen LogP contribution in [-0.4, -0.2) is 37.9 Å². The number of hydrogen-bond donors (Lipinski definition) is 0. The summed E-state index contributed by atoms with van der Waals surface area (Å²) < 4.78 is 17.3. The number of hydrogen-bond acceptors (Lipinski definition) is 5. The molecule has 5 heteroatoms. The van der Waals surface area contributed by atoms with E-state index in [4.69, 9.17) is 14.2 Å². The maximum Gasteiger partial charge on any atom is 0.306 e. The first-order valence-corrected chi connectivity index (χ1v) is 24.4. The predicted octanol–water partition coefficient (Wildman–Crippen LogP) is 16.4. The van der Waals surface area contributed by atoms with Gasteiger partial charge in [-0.15, -0.1) is 0 Å². The van der Waals surface area contributed by atoms with Gasteiger partial charge in [0, 0.05) is 19.4 Å². The normalized spacial score (nSPS) is 13.2. The van der Waals surface area contributed by atoms with Crippen LogP contribution < -0.4 is 0 Å². The van der Waals surface area contributed by atoms with Crippen LogP contribution in [0, 0.1) is 0 Å². The van der Waals surface area contributed by atoms with Gasteiger partial charge in [-0.2, -0.15) is 0 Å². The molecule has 0 heterocycles. The minimum absolute atomic E-state index is 0.0523. The molecule has 0 bridgehead atoms. The zero-order chi connectivity index (χ0) is 43.5. The van der Waals surface area contributed by atoms with Crippen molar-refractivity contribution in [2.75, 3.05) is 19.8 Å². The third kappa shape index (κ3) is 47.2. The van der Waals surface area contributed by atoms with Gasteiger partial charge in [0.15, 0.2) is 6.10 Å². The average molecular weight is 831 g/mol.